The SMILES string of the molecule is CC(=O)N1CCC(CC(=O)Nc2cc(Br)ccn2)CC1. The van der Waals surface area contributed by atoms with Gasteiger partial charge in [-0.25, -0.2) is 4.98 Å². The van der Waals surface area contributed by atoms with E-state index >= 15 is 0 Å². The molecule has 1 aliphatic rings. The van der Waals surface area contributed by atoms with Gasteiger partial charge in [-0.15, -0.1) is 0 Å². The first-order chi connectivity index (χ1) is 9.54. The smallest absolute Gasteiger partial charge is 0.225 e. The Morgan fingerprint density at radius 1 is 1.45 bits per heavy atom. The van der Waals surface area contributed by atoms with E-state index in [0.29, 0.717) is 18.2 Å². The second-order valence-corrected chi connectivity index (χ2v) is 5.98. The number of likely N-dealkylation sites (tertiary alicyclic amines) is 1. The normalized spacial score (nSPS) is 16.0. The Morgan fingerprint density at radius 3 is 2.75 bits per heavy atom. The molecule has 5 nitrogen and oxygen atoms in total. The van der Waals surface area contributed by atoms with Crippen molar-refractivity contribution < 1.29 is 9.59 Å². The number of halogens is 1. The van der Waals surface area contributed by atoms with Crippen LogP contribution in [-0.4, -0.2) is 34.8 Å². The topological polar surface area (TPSA) is 62.3 Å². The van der Waals surface area contributed by atoms with Crippen LogP contribution in [0.5, 0.6) is 0 Å². The molecule has 0 aliphatic carbocycles. The zero-order valence-corrected chi connectivity index (χ0v) is 13.0. The van der Waals surface area contributed by atoms with Gasteiger partial charge in [0, 0.05) is 37.1 Å². The summed E-state index contributed by atoms with van der Waals surface area (Å²) in [5.74, 6) is 1.01. The summed E-state index contributed by atoms with van der Waals surface area (Å²) in [7, 11) is 0. The van der Waals surface area contributed by atoms with Gasteiger partial charge in [-0.1, -0.05) is 15.9 Å². The molecule has 2 heterocycles. The molecular weight excluding hydrogens is 322 g/mol. The zero-order chi connectivity index (χ0) is 14.5. The molecule has 0 atom stereocenters. The fourth-order valence-electron chi connectivity index (χ4n) is 2.38. The summed E-state index contributed by atoms with van der Waals surface area (Å²) in [6.07, 6.45) is 3.91. The summed E-state index contributed by atoms with van der Waals surface area (Å²) >= 11 is 3.34. The van der Waals surface area contributed by atoms with E-state index in [-0.39, 0.29) is 11.8 Å². The van der Waals surface area contributed by atoms with Gasteiger partial charge in [0.15, 0.2) is 0 Å². The van der Waals surface area contributed by atoms with Crippen molar-refractivity contribution in [2.75, 3.05) is 18.4 Å². The minimum Gasteiger partial charge on any atom is -0.343 e. The van der Waals surface area contributed by atoms with Crippen molar-refractivity contribution in [2.24, 2.45) is 5.92 Å². The third kappa shape index (κ3) is 4.30. The number of carbonyl (C=O) groups excluding carboxylic acids is 2. The lowest BCUT2D eigenvalue weighted by Gasteiger charge is -2.30. The molecule has 1 aromatic heterocycles. The average Bonchev–Trinajstić information content (AvgIpc) is 2.39. The number of aromatic nitrogens is 1. The van der Waals surface area contributed by atoms with Crippen molar-refractivity contribution in [1.82, 2.24) is 9.88 Å². The van der Waals surface area contributed by atoms with E-state index in [9.17, 15) is 9.59 Å². The highest BCUT2D eigenvalue weighted by atomic mass is 79.9. The predicted octanol–water partition coefficient (Wildman–Crippen LogP) is 2.43. The molecule has 1 fully saturated rings. The number of carbonyl (C=O) groups is 2. The van der Waals surface area contributed by atoms with Gasteiger partial charge in [0.2, 0.25) is 11.8 Å². The molecule has 1 saturated heterocycles. The number of anilines is 1. The van der Waals surface area contributed by atoms with Crippen LogP contribution in [0.25, 0.3) is 0 Å². The maximum absolute atomic E-state index is 12.0. The number of nitrogens with zero attached hydrogens (tertiary/aromatic N) is 2. The Kier molecular flexibility index (Phi) is 5.11. The molecule has 0 unspecified atom stereocenters. The van der Waals surface area contributed by atoms with Crippen LogP contribution in [0.3, 0.4) is 0 Å². The van der Waals surface area contributed by atoms with Gasteiger partial charge in [-0.05, 0) is 30.9 Å². The van der Waals surface area contributed by atoms with Crippen LogP contribution >= 0.6 is 15.9 Å². The van der Waals surface area contributed by atoms with Crippen LogP contribution in [-0.2, 0) is 9.59 Å². The van der Waals surface area contributed by atoms with Gasteiger partial charge in [0.05, 0.1) is 0 Å². The Hall–Kier alpha value is -1.43. The Balaban J connectivity index is 1.80. The molecule has 6 heteroatoms. The van der Waals surface area contributed by atoms with E-state index < -0.39 is 0 Å². The number of hydrogen-bond acceptors (Lipinski definition) is 3. The second-order valence-electron chi connectivity index (χ2n) is 5.06. The molecule has 20 heavy (non-hydrogen) atoms. The summed E-state index contributed by atoms with van der Waals surface area (Å²) in [6, 6.07) is 3.59. The van der Waals surface area contributed by atoms with Gasteiger partial charge in [0.1, 0.15) is 5.82 Å². The number of pyridine rings is 1. The highest BCUT2D eigenvalue weighted by Gasteiger charge is 2.22. The quantitative estimate of drug-likeness (QED) is 0.919. The molecule has 1 aromatic rings. The Labute approximate surface area is 126 Å². The highest BCUT2D eigenvalue weighted by molar-refractivity contribution is 9.10. The first-order valence-electron chi connectivity index (χ1n) is 6.71. The van der Waals surface area contributed by atoms with Crippen molar-refractivity contribution in [3.8, 4) is 0 Å². The van der Waals surface area contributed by atoms with Crippen molar-refractivity contribution in [3.05, 3.63) is 22.8 Å². The molecular formula is C14H18BrN3O2. The van der Waals surface area contributed by atoms with Crippen LogP contribution in [0, 0.1) is 5.92 Å². The Bertz CT molecular complexity index is 499. The second kappa shape index (κ2) is 6.83. The van der Waals surface area contributed by atoms with Crippen LogP contribution in [0.2, 0.25) is 0 Å². The molecule has 2 rings (SSSR count). The molecule has 1 N–H and O–H groups in total. The van der Waals surface area contributed by atoms with Crippen LogP contribution < -0.4 is 5.32 Å². The lowest BCUT2D eigenvalue weighted by molar-refractivity contribution is -0.130. The molecule has 0 aromatic carbocycles. The Morgan fingerprint density at radius 2 is 2.15 bits per heavy atom. The first kappa shape index (κ1) is 15.0. The number of piperidine rings is 1. The lowest BCUT2D eigenvalue weighted by Crippen LogP contribution is -2.37. The van der Waals surface area contributed by atoms with Gasteiger partial charge in [-0.2, -0.15) is 0 Å². The third-order valence-electron chi connectivity index (χ3n) is 3.52. The average molecular weight is 340 g/mol. The van der Waals surface area contributed by atoms with Gasteiger partial charge in [0.25, 0.3) is 0 Å². The summed E-state index contributed by atoms with van der Waals surface area (Å²) in [6.45, 7) is 3.09. The number of hydrogen-bond donors (Lipinski definition) is 1. The standard InChI is InChI=1S/C14H18BrN3O2/c1-10(19)18-6-3-11(4-7-18)8-14(20)17-13-9-12(15)2-5-16-13/h2,5,9,11H,3-4,6-8H2,1H3,(H,16,17,20). The van der Waals surface area contributed by atoms with Crippen molar-refractivity contribution >= 4 is 33.6 Å². The maximum atomic E-state index is 12.0. The fourth-order valence-corrected chi connectivity index (χ4v) is 2.72. The molecule has 0 spiro atoms. The first-order valence-corrected chi connectivity index (χ1v) is 7.51. The number of amides is 2. The van der Waals surface area contributed by atoms with E-state index in [1.165, 1.54) is 0 Å². The van der Waals surface area contributed by atoms with E-state index in [1.807, 2.05) is 11.0 Å². The molecule has 2 amide bonds. The summed E-state index contributed by atoms with van der Waals surface area (Å²) < 4.78 is 0.887. The van der Waals surface area contributed by atoms with Crippen molar-refractivity contribution in [3.63, 3.8) is 0 Å². The minimum atomic E-state index is -0.0168. The largest absolute Gasteiger partial charge is 0.343 e. The third-order valence-corrected chi connectivity index (χ3v) is 4.02. The molecule has 0 saturated carbocycles. The lowest BCUT2D eigenvalue weighted by atomic mass is 9.93. The van der Waals surface area contributed by atoms with Crippen LogP contribution in [0.1, 0.15) is 26.2 Å². The highest BCUT2D eigenvalue weighted by Crippen LogP contribution is 2.21. The fraction of sp³-hybridized carbons (Fsp3) is 0.500. The summed E-state index contributed by atoms with van der Waals surface area (Å²) in [4.78, 5) is 29.1. The van der Waals surface area contributed by atoms with Crippen LogP contribution in [0.4, 0.5) is 5.82 Å². The zero-order valence-electron chi connectivity index (χ0n) is 11.4. The van der Waals surface area contributed by atoms with E-state index in [0.717, 1.165) is 30.4 Å². The summed E-state index contributed by atoms with van der Waals surface area (Å²) in [5, 5.41) is 2.80. The maximum Gasteiger partial charge on any atom is 0.225 e. The van der Waals surface area contributed by atoms with E-state index in [2.05, 4.69) is 26.2 Å². The summed E-state index contributed by atoms with van der Waals surface area (Å²) in [5.41, 5.74) is 0. The number of rotatable bonds is 3. The molecule has 108 valence electrons. The minimum absolute atomic E-state index is 0.0168. The van der Waals surface area contributed by atoms with Gasteiger partial charge < -0.3 is 10.2 Å². The van der Waals surface area contributed by atoms with Gasteiger partial charge >= 0.3 is 0 Å². The van der Waals surface area contributed by atoms with E-state index in [4.69, 9.17) is 0 Å². The van der Waals surface area contributed by atoms with Crippen molar-refractivity contribution in [2.45, 2.75) is 26.2 Å². The van der Waals surface area contributed by atoms with E-state index in [1.54, 1.807) is 19.2 Å². The van der Waals surface area contributed by atoms with Crippen molar-refractivity contribution in [1.29, 1.82) is 0 Å². The molecule has 0 bridgehead atoms. The number of nitrogens with one attached hydrogen (secondary N) is 1. The molecule has 0 radical (unpaired) electrons. The van der Waals surface area contributed by atoms with Crippen LogP contribution in [0.15, 0.2) is 22.8 Å². The van der Waals surface area contributed by atoms with Gasteiger partial charge in [-0.3, -0.25) is 9.59 Å². The predicted molar refractivity (Wildman–Crippen MR) is 80.2 cm³/mol. The molecule has 1 aliphatic heterocycles. The monoisotopic (exact) mass is 339 g/mol.